The highest BCUT2D eigenvalue weighted by Crippen LogP contribution is 2.41. The predicted octanol–water partition coefficient (Wildman–Crippen LogP) is 6.57. The van der Waals surface area contributed by atoms with Gasteiger partial charge >= 0.3 is 5.69 Å². The Morgan fingerprint density at radius 2 is 1.58 bits per heavy atom. The van der Waals surface area contributed by atoms with Crippen LogP contribution in [0, 0.1) is 12.7 Å². The molecule has 0 spiro atoms. The number of nitrogens with one attached hydrogen (secondary N) is 1. The molecule has 1 aliphatic carbocycles. The zero-order chi connectivity index (χ0) is 41.5. The van der Waals surface area contributed by atoms with Crippen molar-refractivity contribution in [3.63, 3.8) is 0 Å². The number of hydrogen-bond acceptors (Lipinski definition) is 8. The highest BCUT2D eigenvalue weighted by molar-refractivity contribution is 7.21. The quantitative estimate of drug-likeness (QED) is 0.139. The van der Waals surface area contributed by atoms with Crippen molar-refractivity contribution in [3.05, 3.63) is 135 Å². The van der Waals surface area contributed by atoms with E-state index in [1.807, 2.05) is 19.1 Å². The van der Waals surface area contributed by atoms with Crippen LogP contribution in [0.4, 0.5) is 4.39 Å². The summed E-state index contributed by atoms with van der Waals surface area (Å²) < 4.78 is 39.7. The molecule has 0 bridgehead atoms. The molecule has 1 aliphatic heterocycles. The van der Waals surface area contributed by atoms with Crippen LogP contribution in [0.5, 0.6) is 5.75 Å². The van der Waals surface area contributed by atoms with Crippen molar-refractivity contribution >= 4 is 46.2 Å². The Morgan fingerprint density at radius 3 is 2.15 bits per heavy atom. The van der Waals surface area contributed by atoms with Crippen LogP contribution in [0.2, 0.25) is 5.04 Å². The van der Waals surface area contributed by atoms with Crippen molar-refractivity contribution in [2.24, 2.45) is 0 Å². The number of hydrogen-bond donors (Lipinski definition) is 1. The van der Waals surface area contributed by atoms with Crippen LogP contribution >= 0.6 is 11.3 Å². The maximum Gasteiger partial charge on any atom is 0.332 e. The highest BCUT2D eigenvalue weighted by Gasteiger charge is 2.51. The topological polar surface area (TPSA) is 119 Å². The smallest absolute Gasteiger partial charge is 0.332 e. The number of nitrogens with zero attached hydrogens (tertiary/aromatic N) is 4. The number of halogens is 1. The molecule has 1 saturated heterocycles. The van der Waals surface area contributed by atoms with E-state index in [2.05, 4.69) is 79.7 Å². The average Bonchev–Trinajstić information content (AvgIpc) is 4.00. The lowest BCUT2D eigenvalue weighted by molar-refractivity contribution is -0.122. The van der Waals surface area contributed by atoms with E-state index < -0.39 is 37.5 Å². The Morgan fingerprint density at radius 1 is 0.915 bits per heavy atom. The van der Waals surface area contributed by atoms with Gasteiger partial charge in [-0.15, -0.1) is 0 Å². The summed E-state index contributed by atoms with van der Waals surface area (Å²) in [6.07, 6.45) is 5.40. The zero-order valence-corrected chi connectivity index (χ0v) is 35.8. The maximum atomic E-state index is 15.2. The van der Waals surface area contributed by atoms with Crippen LogP contribution in [-0.4, -0.2) is 59.0 Å². The second kappa shape index (κ2) is 16.5. The molecule has 2 aliphatic rings. The third-order valence-corrected chi connectivity index (χ3v) is 18.3. The predicted molar refractivity (Wildman–Crippen MR) is 230 cm³/mol. The van der Waals surface area contributed by atoms with Crippen LogP contribution < -0.4 is 31.7 Å². The summed E-state index contributed by atoms with van der Waals surface area (Å²) in [5, 5.41) is 10.4. The maximum absolute atomic E-state index is 15.2. The fourth-order valence-electron chi connectivity index (χ4n) is 9.02. The molecule has 11 nitrogen and oxygen atoms in total. The van der Waals surface area contributed by atoms with Gasteiger partial charge < -0.3 is 19.2 Å². The second-order valence-corrected chi connectivity index (χ2v) is 21.7. The fourth-order valence-corrected chi connectivity index (χ4v) is 15.0. The number of aryl methyl sites for hydroxylation is 1. The molecule has 0 unspecified atom stereocenters. The van der Waals surface area contributed by atoms with Crippen molar-refractivity contribution in [2.45, 2.75) is 95.7 Å². The van der Waals surface area contributed by atoms with Crippen molar-refractivity contribution in [2.75, 3.05) is 13.7 Å². The Balaban J connectivity index is 1.16. The minimum absolute atomic E-state index is 0.0264. The summed E-state index contributed by atoms with van der Waals surface area (Å²) in [5.41, 5.74) is -0.0885. The molecule has 3 aromatic heterocycles. The van der Waals surface area contributed by atoms with E-state index in [9.17, 15) is 14.4 Å². The van der Waals surface area contributed by atoms with Crippen LogP contribution in [0.3, 0.4) is 0 Å². The lowest BCUT2D eigenvalue weighted by Crippen LogP contribution is -2.67. The summed E-state index contributed by atoms with van der Waals surface area (Å²) in [6.45, 7) is 8.93. The first-order valence-corrected chi connectivity index (χ1v) is 23.0. The van der Waals surface area contributed by atoms with E-state index >= 15 is 4.39 Å². The number of amides is 1. The molecule has 8 rings (SSSR count). The average molecular weight is 836 g/mol. The number of thiophene rings is 1. The van der Waals surface area contributed by atoms with Gasteiger partial charge in [-0.25, -0.2) is 18.4 Å². The number of methoxy groups -OCH3 is 1. The number of carbonyl (C=O) groups excluding carboxylic acids is 1. The molecule has 59 heavy (non-hydrogen) atoms. The SMILES string of the molecule is COc1ccc(F)cc1[C@H](Cn1c(=O)n([C@H]2CCNC2=O)c(=O)c2c(C)c(-n3cccn3)sc21)O[C@H]1CC[C@@H](O[Si](c2ccccc2)(c2ccccc2)C(C)(C)C)CC1. The third-order valence-electron chi connectivity index (χ3n) is 11.9. The fraction of sp³-hybridized carbons (Fsp3) is 0.378. The molecular weight excluding hydrogens is 786 g/mol. The Labute approximate surface area is 347 Å². The van der Waals surface area contributed by atoms with Gasteiger partial charge in [0.1, 0.15) is 33.5 Å². The molecule has 4 heterocycles. The number of ether oxygens (including phenoxy) is 2. The zero-order valence-electron chi connectivity index (χ0n) is 34.0. The van der Waals surface area contributed by atoms with Gasteiger partial charge in [0.25, 0.3) is 13.9 Å². The number of aromatic nitrogens is 4. The van der Waals surface area contributed by atoms with Crippen LogP contribution in [0.25, 0.3) is 15.2 Å². The summed E-state index contributed by atoms with van der Waals surface area (Å²) in [6, 6.07) is 26.3. The van der Waals surface area contributed by atoms with Crippen LogP contribution in [0.1, 0.15) is 76.1 Å². The molecule has 2 atom stereocenters. The molecule has 308 valence electrons. The number of rotatable bonds is 12. The molecule has 1 N–H and O–H groups in total. The van der Waals surface area contributed by atoms with E-state index in [1.165, 1.54) is 45.5 Å². The Bertz CT molecular complexity index is 2520. The molecule has 1 amide bonds. The lowest BCUT2D eigenvalue weighted by Gasteiger charge is -2.46. The van der Waals surface area contributed by atoms with Gasteiger partial charge in [0, 0.05) is 36.2 Å². The van der Waals surface area contributed by atoms with Gasteiger partial charge in [-0.2, -0.15) is 5.10 Å². The summed E-state index contributed by atoms with van der Waals surface area (Å²) in [5.74, 6) is -0.450. The van der Waals surface area contributed by atoms with Crippen LogP contribution in [0.15, 0.2) is 107 Å². The minimum Gasteiger partial charge on any atom is -0.496 e. The molecule has 0 radical (unpaired) electrons. The van der Waals surface area contributed by atoms with Crippen molar-refractivity contribution in [1.29, 1.82) is 0 Å². The summed E-state index contributed by atoms with van der Waals surface area (Å²) >= 11 is 1.26. The lowest BCUT2D eigenvalue weighted by atomic mass is 9.94. The normalized spacial score (nSPS) is 19.2. The number of fused-ring (bicyclic) bond motifs is 1. The van der Waals surface area contributed by atoms with Crippen molar-refractivity contribution < 1.29 is 23.1 Å². The van der Waals surface area contributed by atoms with Gasteiger partial charge in [-0.3, -0.25) is 14.2 Å². The summed E-state index contributed by atoms with van der Waals surface area (Å²) in [4.78, 5) is 42.4. The van der Waals surface area contributed by atoms with E-state index in [4.69, 9.17) is 13.9 Å². The van der Waals surface area contributed by atoms with E-state index in [0.29, 0.717) is 57.9 Å². The summed E-state index contributed by atoms with van der Waals surface area (Å²) in [7, 11) is -1.28. The van der Waals surface area contributed by atoms with E-state index in [1.54, 1.807) is 29.2 Å². The molecule has 14 heteroatoms. The van der Waals surface area contributed by atoms with E-state index in [0.717, 1.165) is 17.4 Å². The first-order chi connectivity index (χ1) is 28.4. The first kappa shape index (κ1) is 40.6. The third kappa shape index (κ3) is 7.51. The standard InChI is InChI=1S/C45H50FN5O6SSi/c1-29-39-41(53)51(36-23-25-47-40(36)52)44(54)49(43(39)58-42(29)50-26-12-24-48-50)28-38(35-27-30(46)17-22-37(35)55-5)56-31-18-20-32(21-19-31)57-59(45(2,3)4,33-13-8-6-9-14-33)34-15-10-7-11-16-34/h6-17,22,24,26-27,31-32,36,38H,18-21,23,25,28H2,1-5H3,(H,47,52)/t31-,32+,36-,38-/m0/s1. The van der Waals surface area contributed by atoms with Crippen molar-refractivity contribution in [3.8, 4) is 10.8 Å². The van der Waals surface area contributed by atoms with Gasteiger partial charge in [0.15, 0.2) is 0 Å². The second-order valence-electron chi connectivity index (χ2n) is 16.5. The molecule has 2 fully saturated rings. The number of benzene rings is 3. The molecular formula is C45H50FN5O6SSi. The van der Waals surface area contributed by atoms with Crippen molar-refractivity contribution in [1.82, 2.24) is 24.2 Å². The van der Waals surface area contributed by atoms with Gasteiger partial charge in [-0.1, -0.05) is 92.8 Å². The van der Waals surface area contributed by atoms with Crippen LogP contribution in [-0.2, 0) is 20.5 Å². The highest BCUT2D eigenvalue weighted by atomic mass is 32.1. The largest absolute Gasteiger partial charge is 0.496 e. The van der Waals surface area contributed by atoms with E-state index in [-0.39, 0.29) is 29.7 Å². The van der Waals surface area contributed by atoms with Gasteiger partial charge in [0.2, 0.25) is 5.91 Å². The number of carbonyl (C=O) groups is 1. The first-order valence-electron chi connectivity index (χ1n) is 20.2. The van der Waals surface area contributed by atoms with Gasteiger partial charge in [0.05, 0.1) is 25.1 Å². The monoisotopic (exact) mass is 835 g/mol. The Hall–Kier alpha value is -5.15. The molecule has 3 aromatic carbocycles. The Kier molecular flexibility index (Phi) is 11.3. The minimum atomic E-state index is -2.79. The molecule has 1 saturated carbocycles. The molecule has 6 aromatic rings. The van der Waals surface area contributed by atoms with Gasteiger partial charge in [-0.05, 0) is 78.7 Å².